The number of aliphatic hydroxyl groups is 1. The summed E-state index contributed by atoms with van der Waals surface area (Å²) in [5.74, 6) is 1.19. The Kier molecular flexibility index (Phi) is 3.77. The number of hydrogen-bond donors (Lipinski definition) is 3. The van der Waals surface area contributed by atoms with E-state index in [4.69, 9.17) is 14.2 Å². The van der Waals surface area contributed by atoms with E-state index in [1.54, 1.807) is 6.07 Å². The monoisotopic (exact) mass is 351 g/mol. The second kappa shape index (κ2) is 5.60. The van der Waals surface area contributed by atoms with Gasteiger partial charge < -0.3 is 24.7 Å². The summed E-state index contributed by atoms with van der Waals surface area (Å²) in [6.07, 6.45) is 5.18. The maximum absolute atomic E-state index is 10.4. The van der Waals surface area contributed by atoms with E-state index in [0.29, 0.717) is 17.7 Å². The molecule has 1 fully saturated rings. The average Bonchev–Trinajstić information content (AvgIpc) is 2.91. The van der Waals surface area contributed by atoms with Crippen molar-refractivity contribution < 1.29 is 24.4 Å². The van der Waals surface area contributed by atoms with E-state index in [-0.39, 0.29) is 17.3 Å². The Hall–Kier alpha value is -1.33. The molecular weight excluding hydrogens is 329 g/mol. The third kappa shape index (κ3) is 1.91. The van der Waals surface area contributed by atoms with Gasteiger partial charge in [0.05, 0.1) is 0 Å². The van der Waals surface area contributed by atoms with Crippen LogP contribution in [-0.2, 0) is 16.4 Å². The quantitative estimate of drug-likeness (QED) is 0.474. The zero-order valence-electron chi connectivity index (χ0n) is 13.4. The molecule has 1 unspecified atom stereocenters. The molecule has 6 atom stereocenters. The average molecular weight is 351 g/mol. The molecule has 0 amide bonds. The van der Waals surface area contributed by atoms with Gasteiger partial charge in [-0.1, -0.05) is 18.2 Å². The maximum Gasteiger partial charge on any atom is 0.177 e. The number of likely N-dealkylation sites (N-methyl/N-ethyl adjacent to an activating group) is 1. The summed E-state index contributed by atoms with van der Waals surface area (Å²) in [4.78, 5) is 9.53. The maximum atomic E-state index is 10.4. The molecule has 2 aliphatic heterocycles. The number of benzene rings is 1. The smallest absolute Gasteiger partial charge is 0.177 e. The normalized spacial score (nSPS) is 38.5. The van der Waals surface area contributed by atoms with Crippen LogP contribution in [0, 0.1) is 5.92 Å². The van der Waals surface area contributed by atoms with Crippen LogP contribution in [0.3, 0.4) is 0 Å². The van der Waals surface area contributed by atoms with Crippen LogP contribution in [0.5, 0.6) is 11.5 Å². The van der Waals surface area contributed by atoms with Crippen molar-refractivity contribution in [3.8, 4) is 11.5 Å². The lowest BCUT2D eigenvalue weighted by atomic mass is 9.53. The molecule has 3 N–H and O–H groups in total. The van der Waals surface area contributed by atoms with Crippen molar-refractivity contribution in [2.75, 3.05) is 13.6 Å². The van der Waals surface area contributed by atoms with Crippen LogP contribution in [0.25, 0.3) is 0 Å². The van der Waals surface area contributed by atoms with Crippen LogP contribution in [-0.4, -0.2) is 51.8 Å². The Morgan fingerprint density at radius 1 is 1.38 bits per heavy atom. The highest BCUT2D eigenvalue weighted by Crippen LogP contribution is 2.62. The van der Waals surface area contributed by atoms with Gasteiger partial charge in [-0.15, -0.1) is 0 Å². The number of piperidine rings is 1. The molecule has 7 heteroatoms. The highest BCUT2D eigenvalue weighted by molar-refractivity contribution is 7.16. The molecule has 2 heterocycles. The first-order valence-corrected chi connectivity index (χ1v) is 9.20. The Bertz CT molecular complexity index is 723. The Morgan fingerprint density at radius 3 is 2.88 bits per heavy atom. The number of ether oxygens (including phenoxy) is 1. The van der Waals surface area contributed by atoms with Gasteiger partial charge in [-0.05, 0) is 38.1 Å². The largest absolute Gasteiger partial charge is 0.504 e. The van der Waals surface area contributed by atoms with Crippen LogP contribution < -0.4 is 4.74 Å². The van der Waals surface area contributed by atoms with Gasteiger partial charge in [-0.25, -0.2) is 0 Å². The molecule has 5 rings (SSSR count). The highest BCUT2D eigenvalue weighted by Gasteiger charge is 2.64. The standard InChI is InChI=1S/C17H19NO3.H3O2P/c1-18-7-6-17-10-3-5-13(20)16(17)21-15-12(19)4-2-9(14(15)17)8-11(10)18;1-3-2/h2-5,10-11,13,16,19-20H,6-8H2,1H3;3H2,(H,1,2)/t10-,11+,13-,16-,17-;/m0./s1. The number of hydrogen-bond acceptors (Lipinski definition) is 5. The molecule has 0 aromatic heterocycles. The molecule has 2 aliphatic carbocycles. The fraction of sp³-hybridized carbons (Fsp3) is 0.529. The molecule has 1 aromatic carbocycles. The molecule has 130 valence electrons. The van der Waals surface area contributed by atoms with Crippen molar-refractivity contribution in [3.63, 3.8) is 0 Å². The summed E-state index contributed by atoms with van der Waals surface area (Å²) in [6.45, 7) is 1.01. The first-order valence-electron chi connectivity index (χ1n) is 8.21. The molecule has 4 aliphatic rings. The van der Waals surface area contributed by atoms with Crippen LogP contribution in [0.15, 0.2) is 24.3 Å². The summed E-state index contributed by atoms with van der Waals surface area (Å²) < 4.78 is 14.7. The van der Waals surface area contributed by atoms with E-state index in [1.165, 1.54) is 11.1 Å². The van der Waals surface area contributed by atoms with Gasteiger partial charge in [0.25, 0.3) is 0 Å². The second-order valence-electron chi connectivity index (χ2n) is 7.04. The van der Waals surface area contributed by atoms with Crippen LogP contribution in [0.1, 0.15) is 17.5 Å². The molecule has 24 heavy (non-hydrogen) atoms. The van der Waals surface area contributed by atoms with Crippen molar-refractivity contribution in [3.05, 3.63) is 35.4 Å². The zero-order valence-corrected chi connectivity index (χ0v) is 14.6. The number of phenolic OH excluding ortho intramolecular Hbond substituents is 1. The van der Waals surface area contributed by atoms with E-state index in [1.807, 2.05) is 12.1 Å². The minimum absolute atomic E-state index is 0.160. The van der Waals surface area contributed by atoms with E-state index < -0.39 is 14.8 Å². The summed E-state index contributed by atoms with van der Waals surface area (Å²) in [7, 11) is 0.688. The van der Waals surface area contributed by atoms with Gasteiger partial charge in [0.15, 0.2) is 20.2 Å². The predicted octanol–water partition coefficient (Wildman–Crippen LogP) is 0.848. The van der Waals surface area contributed by atoms with Crippen LogP contribution >= 0.6 is 8.69 Å². The van der Waals surface area contributed by atoms with Gasteiger partial charge in [-0.2, -0.15) is 0 Å². The number of phenols is 1. The van der Waals surface area contributed by atoms with Gasteiger partial charge >= 0.3 is 0 Å². The topological polar surface area (TPSA) is 90.2 Å². The van der Waals surface area contributed by atoms with E-state index >= 15 is 0 Å². The molecule has 1 saturated heterocycles. The number of nitrogens with zero attached hydrogens (tertiary/aromatic N) is 1. The number of aliphatic hydroxyl groups excluding tert-OH is 1. The van der Waals surface area contributed by atoms with Gasteiger partial charge in [0.2, 0.25) is 0 Å². The number of aromatic hydroxyl groups is 1. The second-order valence-corrected chi connectivity index (χ2v) is 7.25. The fourth-order valence-electron chi connectivity index (χ4n) is 5.24. The lowest BCUT2D eigenvalue weighted by Gasteiger charge is -2.56. The SMILES string of the molecule is CN1CC[C@]23c4c5ccc(O)c4O[C@H]2[C@@H](O)C=C[C@H]3[C@H]1C5.O=[PH2]O. The molecule has 1 spiro atoms. The molecule has 0 saturated carbocycles. The van der Waals surface area contributed by atoms with E-state index in [2.05, 4.69) is 18.0 Å². The number of rotatable bonds is 0. The highest BCUT2D eigenvalue weighted by atomic mass is 31.1. The Balaban J connectivity index is 0.000000455. The lowest BCUT2D eigenvalue weighted by Crippen LogP contribution is -2.64. The van der Waals surface area contributed by atoms with Crippen molar-refractivity contribution in [2.45, 2.75) is 36.5 Å². The first-order chi connectivity index (χ1) is 11.5. The number of likely N-dealkylation sites (tertiary alicyclic amines) is 1. The van der Waals surface area contributed by atoms with Crippen LogP contribution in [0.2, 0.25) is 0 Å². The first kappa shape index (κ1) is 16.2. The minimum atomic E-state index is -1.50. The summed E-state index contributed by atoms with van der Waals surface area (Å²) in [6, 6.07) is 4.23. The molecule has 6 nitrogen and oxygen atoms in total. The predicted molar refractivity (Wildman–Crippen MR) is 90.2 cm³/mol. The van der Waals surface area contributed by atoms with E-state index in [9.17, 15) is 10.2 Å². The Morgan fingerprint density at radius 2 is 2.12 bits per heavy atom. The summed E-state index contributed by atoms with van der Waals surface area (Å²) in [5.41, 5.74) is 2.29. The third-order valence-corrected chi connectivity index (χ3v) is 6.15. The van der Waals surface area contributed by atoms with Crippen molar-refractivity contribution in [1.29, 1.82) is 0 Å². The van der Waals surface area contributed by atoms with E-state index in [0.717, 1.165) is 19.4 Å². The van der Waals surface area contributed by atoms with Gasteiger partial charge in [0, 0.05) is 22.9 Å². The lowest BCUT2D eigenvalue weighted by molar-refractivity contribution is -0.0453. The Labute approximate surface area is 141 Å². The van der Waals surface area contributed by atoms with Crippen LogP contribution in [0.4, 0.5) is 0 Å². The molecular formula is C17H22NO5P. The minimum Gasteiger partial charge on any atom is -0.504 e. The van der Waals surface area contributed by atoms with Crippen molar-refractivity contribution >= 4 is 8.69 Å². The fourth-order valence-corrected chi connectivity index (χ4v) is 5.24. The third-order valence-electron chi connectivity index (χ3n) is 6.15. The zero-order chi connectivity index (χ0) is 17.1. The summed E-state index contributed by atoms with van der Waals surface area (Å²) >= 11 is 0. The molecule has 2 bridgehead atoms. The van der Waals surface area contributed by atoms with Crippen molar-refractivity contribution in [2.24, 2.45) is 5.92 Å². The summed E-state index contributed by atoms with van der Waals surface area (Å²) in [5, 5.41) is 20.6. The molecule has 0 radical (unpaired) electrons. The van der Waals surface area contributed by atoms with Gasteiger partial charge in [-0.3, -0.25) is 4.57 Å². The molecule has 1 aromatic rings. The van der Waals surface area contributed by atoms with Crippen molar-refractivity contribution in [1.82, 2.24) is 4.90 Å². The van der Waals surface area contributed by atoms with Gasteiger partial charge in [0.1, 0.15) is 12.2 Å².